The van der Waals surface area contributed by atoms with Gasteiger partial charge >= 0.3 is 10.1 Å². The van der Waals surface area contributed by atoms with Crippen LogP contribution in [0.5, 0.6) is 0 Å². The molecule has 0 aliphatic heterocycles. The lowest BCUT2D eigenvalue weighted by molar-refractivity contribution is -0.701. The fourth-order valence-corrected chi connectivity index (χ4v) is 1.92. The predicted molar refractivity (Wildman–Crippen MR) is 41.9 cm³/mol. The van der Waals surface area contributed by atoms with E-state index in [1.165, 1.54) is 10.9 Å². The Bertz CT molecular complexity index is 330. The molecular formula is C6H11N2O3S+. The minimum atomic E-state index is -3.99. The standard InChI is InChI=1S/C6H10N2O3S/c1-2-6(12(9,10)11)8-4-3-7-5-8/h3-6H,2H2,1H3,(H,9,10,11)/p+1. The second kappa shape index (κ2) is 3.24. The molecule has 5 nitrogen and oxygen atoms in total. The van der Waals surface area contributed by atoms with Crippen LogP contribution in [0.15, 0.2) is 18.7 Å². The second-order valence-corrected chi connectivity index (χ2v) is 4.01. The van der Waals surface area contributed by atoms with Gasteiger partial charge in [0.15, 0.2) is 0 Å². The molecule has 12 heavy (non-hydrogen) atoms. The molecular weight excluding hydrogens is 180 g/mol. The van der Waals surface area contributed by atoms with E-state index in [0.717, 1.165) is 0 Å². The third kappa shape index (κ3) is 1.83. The summed E-state index contributed by atoms with van der Waals surface area (Å²) in [6.45, 7) is 1.69. The molecule has 0 spiro atoms. The molecule has 2 N–H and O–H groups in total. The van der Waals surface area contributed by atoms with Crippen molar-refractivity contribution in [1.82, 2.24) is 4.98 Å². The van der Waals surface area contributed by atoms with Crippen molar-refractivity contribution in [3.8, 4) is 0 Å². The highest BCUT2D eigenvalue weighted by atomic mass is 32.2. The fraction of sp³-hybridized carbons (Fsp3) is 0.500. The van der Waals surface area contributed by atoms with E-state index in [2.05, 4.69) is 4.98 Å². The topological polar surface area (TPSA) is 74.0 Å². The van der Waals surface area contributed by atoms with Crippen LogP contribution in [0.3, 0.4) is 0 Å². The molecule has 1 aromatic rings. The molecule has 1 unspecified atom stereocenters. The van der Waals surface area contributed by atoms with Crippen LogP contribution in [0.4, 0.5) is 0 Å². The summed E-state index contributed by atoms with van der Waals surface area (Å²) in [4.78, 5) is 2.70. The largest absolute Gasteiger partial charge is 0.307 e. The number of imidazole rings is 1. The summed E-state index contributed by atoms with van der Waals surface area (Å²) in [6, 6.07) is 0. The number of rotatable bonds is 3. The average molecular weight is 191 g/mol. The predicted octanol–water partition coefficient (Wildman–Crippen LogP) is 0.0986. The van der Waals surface area contributed by atoms with Crippen molar-refractivity contribution in [3.05, 3.63) is 18.7 Å². The van der Waals surface area contributed by atoms with E-state index < -0.39 is 15.5 Å². The molecule has 0 saturated carbocycles. The molecule has 0 saturated heterocycles. The lowest BCUT2D eigenvalue weighted by Gasteiger charge is -2.06. The average Bonchev–Trinajstić information content (AvgIpc) is 2.38. The number of nitrogens with one attached hydrogen (secondary N) is 1. The normalized spacial score (nSPS) is 14.5. The van der Waals surface area contributed by atoms with E-state index in [4.69, 9.17) is 4.55 Å². The number of H-pyrrole nitrogens is 1. The van der Waals surface area contributed by atoms with Gasteiger partial charge in [-0.2, -0.15) is 8.42 Å². The summed E-state index contributed by atoms with van der Waals surface area (Å²) in [5.41, 5.74) is 0. The molecule has 0 fully saturated rings. The Morgan fingerprint density at radius 2 is 2.33 bits per heavy atom. The summed E-state index contributed by atoms with van der Waals surface area (Å²) in [7, 11) is -3.99. The van der Waals surface area contributed by atoms with Crippen LogP contribution in [-0.2, 0) is 10.1 Å². The first-order valence-corrected chi connectivity index (χ1v) is 5.06. The van der Waals surface area contributed by atoms with Gasteiger partial charge in [-0.3, -0.25) is 9.54 Å². The lowest BCUT2D eigenvalue weighted by Crippen LogP contribution is -2.41. The van der Waals surface area contributed by atoms with E-state index in [1.807, 2.05) is 0 Å². The van der Waals surface area contributed by atoms with Crippen LogP contribution in [0, 0.1) is 0 Å². The Morgan fingerprint density at radius 1 is 1.67 bits per heavy atom. The smallest absolute Gasteiger partial charge is 0.282 e. The van der Waals surface area contributed by atoms with Gasteiger partial charge in [-0.1, -0.05) is 6.92 Å². The summed E-state index contributed by atoms with van der Waals surface area (Å²) in [5, 5.41) is -0.885. The second-order valence-electron chi connectivity index (χ2n) is 2.44. The molecule has 0 aliphatic carbocycles. The number of hydrogen-bond acceptors (Lipinski definition) is 2. The molecule has 0 aliphatic rings. The maximum Gasteiger partial charge on any atom is 0.307 e. The van der Waals surface area contributed by atoms with Gasteiger partial charge in [-0.15, -0.1) is 0 Å². The molecule has 0 amide bonds. The Balaban J connectivity index is 3.00. The minimum Gasteiger partial charge on any atom is -0.282 e. The first-order valence-electron chi connectivity index (χ1n) is 3.55. The zero-order valence-electron chi connectivity index (χ0n) is 6.64. The van der Waals surface area contributed by atoms with Gasteiger partial charge in [0.05, 0.1) is 0 Å². The highest BCUT2D eigenvalue weighted by Gasteiger charge is 2.26. The first-order chi connectivity index (χ1) is 5.55. The van der Waals surface area contributed by atoms with Gasteiger partial charge in [-0.05, 0) is 0 Å². The quantitative estimate of drug-likeness (QED) is 0.525. The molecule has 6 heteroatoms. The van der Waals surface area contributed by atoms with Gasteiger partial charge in [0.25, 0.3) is 0 Å². The van der Waals surface area contributed by atoms with Gasteiger partial charge in [0.2, 0.25) is 11.7 Å². The molecule has 0 aromatic carbocycles. The fourth-order valence-electron chi connectivity index (χ4n) is 1.06. The number of nitrogens with zero attached hydrogens (tertiary/aromatic N) is 1. The van der Waals surface area contributed by atoms with Crippen LogP contribution in [0.1, 0.15) is 18.7 Å². The SMILES string of the molecule is CCC([n+]1cc[nH]c1)S(=O)(=O)O. The highest BCUT2D eigenvalue weighted by Crippen LogP contribution is 2.08. The van der Waals surface area contributed by atoms with Crippen LogP contribution in [0.2, 0.25) is 0 Å². The highest BCUT2D eigenvalue weighted by molar-refractivity contribution is 7.85. The zero-order valence-corrected chi connectivity index (χ0v) is 7.45. The van der Waals surface area contributed by atoms with Crippen molar-refractivity contribution in [2.24, 2.45) is 0 Å². The van der Waals surface area contributed by atoms with Crippen molar-refractivity contribution in [1.29, 1.82) is 0 Å². The van der Waals surface area contributed by atoms with Crippen LogP contribution >= 0.6 is 0 Å². The Morgan fingerprint density at radius 3 is 2.67 bits per heavy atom. The Hall–Kier alpha value is -0.880. The summed E-state index contributed by atoms with van der Waals surface area (Å²) < 4.78 is 31.8. The number of aromatic amines is 1. The maximum absolute atomic E-state index is 10.8. The minimum absolute atomic E-state index is 0.335. The third-order valence-corrected chi connectivity index (χ3v) is 2.86. The van der Waals surface area contributed by atoms with E-state index in [-0.39, 0.29) is 0 Å². The van der Waals surface area contributed by atoms with Gasteiger partial charge in [-0.25, -0.2) is 4.57 Å². The molecule has 0 bridgehead atoms. The van der Waals surface area contributed by atoms with E-state index in [0.29, 0.717) is 6.42 Å². The van der Waals surface area contributed by atoms with Crippen molar-refractivity contribution >= 4 is 10.1 Å². The van der Waals surface area contributed by atoms with E-state index >= 15 is 0 Å². The number of hydrogen-bond donors (Lipinski definition) is 2. The monoisotopic (exact) mass is 191 g/mol. The maximum atomic E-state index is 10.8. The summed E-state index contributed by atoms with van der Waals surface area (Å²) >= 11 is 0. The molecule has 68 valence electrons. The van der Waals surface area contributed by atoms with Crippen molar-refractivity contribution in [2.75, 3.05) is 0 Å². The molecule has 1 heterocycles. The van der Waals surface area contributed by atoms with Gasteiger partial charge in [0, 0.05) is 6.42 Å². The van der Waals surface area contributed by atoms with Gasteiger partial charge in [0.1, 0.15) is 12.4 Å². The zero-order chi connectivity index (χ0) is 9.19. The summed E-state index contributed by atoms with van der Waals surface area (Å²) in [5.74, 6) is 0. The van der Waals surface area contributed by atoms with Crippen molar-refractivity contribution in [2.45, 2.75) is 18.7 Å². The van der Waals surface area contributed by atoms with E-state index in [1.54, 1.807) is 19.3 Å². The van der Waals surface area contributed by atoms with Crippen molar-refractivity contribution in [3.63, 3.8) is 0 Å². The number of aromatic nitrogens is 2. The summed E-state index contributed by atoms with van der Waals surface area (Å²) in [6.07, 6.45) is 4.97. The first kappa shape index (κ1) is 9.21. The Labute approximate surface area is 70.8 Å². The molecule has 1 atom stereocenters. The molecule has 0 radical (unpaired) electrons. The lowest BCUT2D eigenvalue weighted by atomic mass is 10.5. The van der Waals surface area contributed by atoms with Crippen LogP contribution < -0.4 is 4.57 Å². The van der Waals surface area contributed by atoms with Crippen LogP contribution in [-0.4, -0.2) is 18.0 Å². The Kier molecular flexibility index (Phi) is 2.49. The van der Waals surface area contributed by atoms with E-state index in [9.17, 15) is 8.42 Å². The molecule has 1 rings (SSSR count). The van der Waals surface area contributed by atoms with Crippen LogP contribution in [0.25, 0.3) is 0 Å². The van der Waals surface area contributed by atoms with Crippen molar-refractivity contribution < 1.29 is 17.5 Å². The molecule has 1 aromatic heterocycles. The van der Waals surface area contributed by atoms with Gasteiger partial charge < -0.3 is 0 Å². The third-order valence-electron chi connectivity index (χ3n) is 1.59.